The van der Waals surface area contributed by atoms with Crippen LogP contribution in [0.1, 0.15) is 104 Å². The van der Waals surface area contributed by atoms with Crippen molar-refractivity contribution in [1.29, 1.82) is 0 Å². The standard InChI is InChI=1S/C20H38O7S.Ca.2H/c1-3-5-7-9-11-13-15-17(18(21)22)20(19(23)24,28(25,26)27)16-14-12-10-8-6-4-2;;;/h17H,3-16H2,1-2H3,(H,21,22)(H,23,24)(H,25,26,27);;;. The van der Waals surface area contributed by atoms with E-state index >= 15 is 0 Å². The summed E-state index contributed by atoms with van der Waals surface area (Å²) in [5.74, 6) is -4.93. The number of carbonyl (C=O) groups is 2. The van der Waals surface area contributed by atoms with E-state index < -0.39 is 32.7 Å². The fourth-order valence-corrected chi connectivity index (χ4v) is 4.90. The van der Waals surface area contributed by atoms with Crippen LogP contribution in [0.25, 0.3) is 0 Å². The Morgan fingerprint density at radius 2 is 1.21 bits per heavy atom. The number of unbranched alkanes of at least 4 members (excludes halogenated alkanes) is 10. The van der Waals surface area contributed by atoms with Gasteiger partial charge in [-0.15, -0.1) is 0 Å². The Hall–Kier alpha value is 0.110. The van der Waals surface area contributed by atoms with Gasteiger partial charge in [0.1, 0.15) is 0 Å². The Kier molecular flexibility index (Phi) is 18.1. The van der Waals surface area contributed by atoms with Gasteiger partial charge in [-0.3, -0.25) is 14.1 Å². The van der Waals surface area contributed by atoms with Crippen molar-refractivity contribution >= 4 is 59.8 Å². The zero-order valence-corrected chi connectivity index (χ0v) is 18.2. The molecule has 0 heterocycles. The summed E-state index contributed by atoms with van der Waals surface area (Å²) in [5.41, 5.74) is 0. The molecule has 0 rings (SSSR count). The van der Waals surface area contributed by atoms with Crippen LogP contribution in [0.15, 0.2) is 0 Å². The molecule has 29 heavy (non-hydrogen) atoms. The molecule has 0 aromatic carbocycles. The third-order valence-electron chi connectivity index (χ3n) is 5.43. The molecule has 0 aliphatic carbocycles. The van der Waals surface area contributed by atoms with Crippen LogP contribution >= 0.6 is 0 Å². The van der Waals surface area contributed by atoms with E-state index in [2.05, 4.69) is 13.8 Å². The molecule has 0 aliphatic rings. The number of hydrogen-bond acceptors (Lipinski definition) is 4. The molecule has 0 radical (unpaired) electrons. The molecule has 0 saturated heterocycles. The fourth-order valence-electron chi connectivity index (χ4n) is 3.70. The van der Waals surface area contributed by atoms with E-state index in [1.54, 1.807) is 0 Å². The summed E-state index contributed by atoms with van der Waals surface area (Å²) in [6.45, 7) is 4.14. The normalized spacial score (nSPS) is 14.6. The van der Waals surface area contributed by atoms with Gasteiger partial charge >= 0.3 is 49.7 Å². The quantitative estimate of drug-likeness (QED) is 0.159. The van der Waals surface area contributed by atoms with E-state index in [1.807, 2.05) is 0 Å². The van der Waals surface area contributed by atoms with E-state index in [9.17, 15) is 32.8 Å². The van der Waals surface area contributed by atoms with Gasteiger partial charge in [-0.25, -0.2) is 0 Å². The summed E-state index contributed by atoms with van der Waals surface area (Å²) >= 11 is 0. The first kappa shape index (κ1) is 31.3. The van der Waals surface area contributed by atoms with Gasteiger partial charge < -0.3 is 10.2 Å². The molecule has 7 nitrogen and oxygen atoms in total. The maximum absolute atomic E-state index is 12.1. The molecule has 0 saturated carbocycles. The Balaban J connectivity index is 0. The second kappa shape index (κ2) is 16.8. The van der Waals surface area contributed by atoms with E-state index in [4.69, 9.17) is 0 Å². The molecule has 170 valence electrons. The molecular weight excluding hydrogens is 424 g/mol. The fraction of sp³-hybridized carbons (Fsp3) is 0.900. The van der Waals surface area contributed by atoms with Crippen LogP contribution in [-0.4, -0.2) is 77.6 Å². The van der Waals surface area contributed by atoms with Crippen LogP contribution in [0.3, 0.4) is 0 Å². The van der Waals surface area contributed by atoms with Crippen molar-refractivity contribution in [3.63, 3.8) is 0 Å². The van der Waals surface area contributed by atoms with Crippen LogP contribution in [0.5, 0.6) is 0 Å². The molecule has 0 aromatic heterocycles. The van der Waals surface area contributed by atoms with Gasteiger partial charge in [-0.1, -0.05) is 90.9 Å². The van der Waals surface area contributed by atoms with Gasteiger partial charge in [0.25, 0.3) is 10.1 Å². The first-order chi connectivity index (χ1) is 13.1. The van der Waals surface area contributed by atoms with Crippen molar-refractivity contribution in [3.05, 3.63) is 0 Å². The number of carboxylic acids is 2. The van der Waals surface area contributed by atoms with Crippen molar-refractivity contribution in [3.8, 4) is 0 Å². The molecule has 0 bridgehead atoms. The van der Waals surface area contributed by atoms with Gasteiger partial charge in [0, 0.05) is 0 Å². The Morgan fingerprint density at radius 3 is 1.59 bits per heavy atom. The van der Waals surface area contributed by atoms with E-state index in [0.717, 1.165) is 51.4 Å². The Morgan fingerprint density at radius 1 is 0.793 bits per heavy atom. The van der Waals surface area contributed by atoms with Crippen LogP contribution in [0, 0.1) is 5.92 Å². The number of carboxylic acid groups (broad SMARTS) is 2. The molecule has 0 aromatic rings. The van der Waals surface area contributed by atoms with Crippen LogP contribution < -0.4 is 0 Å². The number of aliphatic carboxylic acids is 2. The molecule has 9 heteroatoms. The summed E-state index contributed by atoms with van der Waals surface area (Å²) in [6.07, 6.45) is 9.43. The summed E-state index contributed by atoms with van der Waals surface area (Å²) in [7, 11) is -5.10. The van der Waals surface area contributed by atoms with Crippen LogP contribution in [0.2, 0.25) is 0 Å². The predicted octanol–water partition coefficient (Wildman–Crippen LogP) is 3.98. The number of rotatable bonds is 18. The maximum atomic E-state index is 12.1. The minimum atomic E-state index is -5.10. The van der Waals surface area contributed by atoms with Gasteiger partial charge in [-0.2, -0.15) is 8.42 Å². The summed E-state index contributed by atoms with van der Waals surface area (Å²) in [6, 6.07) is 0. The van der Waals surface area contributed by atoms with Gasteiger partial charge in [0.2, 0.25) is 4.75 Å². The number of hydrogen-bond donors (Lipinski definition) is 3. The minimum absolute atomic E-state index is 0. The monoisotopic (exact) mass is 464 g/mol. The van der Waals surface area contributed by atoms with Crippen molar-refractivity contribution in [2.24, 2.45) is 5.92 Å². The molecule has 2 unspecified atom stereocenters. The van der Waals surface area contributed by atoms with Crippen LogP contribution in [-0.2, 0) is 19.7 Å². The van der Waals surface area contributed by atoms with Gasteiger partial charge in [0.15, 0.2) is 0 Å². The average Bonchev–Trinajstić information content (AvgIpc) is 2.60. The third-order valence-corrected chi connectivity index (χ3v) is 7.02. The Bertz CT molecular complexity index is 565. The van der Waals surface area contributed by atoms with Crippen molar-refractivity contribution in [2.75, 3.05) is 0 Å². The molecular formula is C20H40CaO7S. The predicted molar refractivity (Wildman–Crippen MR) is 118 cm³/mol. The third kappa shape index (κ3) is 10.8. The molecule has 0 aliphatic heterocycles. The SMILES string of the molecule is CCCCCCCCC(C(=O)O)C(CCCCCCCC)(C(=O)O)S(=O)(=O)O.[CaH2]. The van der Waals surface area contributed by atoms with Crippen molar-refractivity contribution in [2.45, 2.75) is 108 Å². The molecule has 0 amide bonds. The summed E-state index contributed by atoms with van der Waals surface area (Å²) in [5, 5.41) is 19.3. The average molecular weight is 465 g/mol. The van der Waals surface area contributed by atoms with Crippen LogP contribution in [0.4, 0.5) is 0 Å². The van der Waals surface area contributed by atoms with Gasteiger partial charge in [0.05, 0.1) is 5.92 Å². The summed E-state index contributed by atoms with van der Waals surface area (Å²) < 4.78 is 31.3. The molecule has 2 atom stereocenters. The zero-order chi connectivity index (χ0) is 21.6. The van der Waals surface area contributed by atoms with E-state index in [0.29, 0.717) is 19.3 Å². The first-order valence-corrected chi connectivity index (χ1v) is 12.0. The summed E-state index contributed by atoms with van der Waals surface area (Å²) in [4.78, 5) is 23.8. The van der Waals surface area contributed by atoms with Crippen molar-refractivity contribution in [1.82, 2.24) is 0 Å². The van der Waals surface area contributed by atoms with Gasteiger partial charge in [-0.05, 0) is 12.8 Å². The first-order valence-electron chi connectivity index (χ1n) is 10.6. The topological polar surface area (TPSA) is 129 Å². The molecule has 3 N–H and O–H groups in total. The zero-order valence-electron chi connectivity index (χ0n) is 17.4. The second-order valence-corrected chi connectivity index (χ2v) is 9.31. The molecule has 0 fully saturated rings. The molecule has 0 spiro atoms. The Labute approximate surface area is 205 Å². The van der Waals surface area contributed by atoms with Crippen molar-refractivity contribution < 1.29 is 32.8 Å². The second-order valence-electron chi connectivity index (χ2n) is 7.63. The van der Waals surface area contributed by atoms with E-state index in [-0.39, 0.29) is 57.0 Å². The van der Waals surface area contributed by atoms with E-state index in [1.165, 1.54) is 0 Å².